The van der Waals surface area contributed by atoms with Gasteiger partial charge in [0.05, 0.1) is 7.11 Å². The highest BCUT2D eigenvalue weighted by Crippen LogP contribution is 1.85. The predicted molar refractivity (Wildman–Crippen MR) is 42.2 cm³/mol. The summed E-state index contributed by atoms with van der Waals surface area (Å²) in [6.45, 7) is -1.03. The van der Waals surface area contributed by atoms with Crippen molar-refractivity contribution in [1.82, 2.24) is 4.98 Å². The predicted octanol–water partition coefficient (Wildman–Crippen LogP) is 1.35. The summed E-state index contributed by atoms with van der Waals surface area (Å²) < 4.78 is 26.6. The molecule has 0 aliphatic carbocycles. The molecule has 13 heavy (non-hydrogen) atoms. The fourth-order valence-corrected chi connectivity index (χ4v) is 0.396. The summed E-state index contributed by atoms with van der Waals surface area (Å²) in [5.41, 5.74) is 0. The summed E-state index contributed by atoms with van der Waals surface area (Å²) in [6.07, 6.45) is 1.41. The molecule has 1 aromatic rings. The molecule has 0 aromatic carbocycles. The average molecular weight is 189 g/mol. The van der Waals surface area contributed by atoms with Crippen LogP contribution in [0.3, 0.4) is 0 Å². The largest absolute Gasteiger partial charge is 0.467 e. The Kier molecular flexibility index (Phi) is 6.31. The number of alkyl halides is 1. The molecule has 0 unspecified atom stereocenters. The first-order valence-corrected chi connectivity index (χ1v) is 3.40. The van der Waals surface area contributed by atoms with E-state index in [9.17, 15) is 13.6 Å². The van der Waals surface area contributed by atoms with Gasteiger partial charge in [-0.3, -0.25) is 0 Å². The van der Waals surface area contributed by atoms with Crippen molar-refractivity contribution in [2.24, 2.45) is 0 Å². The van der Waals surface area contributed by atoms with E-state index in [0.29, 0.717) is 0 Å². The molecular weight excluding hydrogens is 180 g/mol. The molecule has 1 heterocycles. The maximum Gasteiger partial charge on any atom is 0.337 e. The lowest BCUT2D eigenvalue weighted by atomic mass is 10.5. The van der Waals surface area contributed by atoms with Crippen LogP contribution >= 0.6 is 0 Å². The van der Waals surface area contributed by atoms with Crippen molar-refractivity contribution >= 4 is 5.97 Å². The normalized spacial score (nSPS) is 8.23. The van der Waals surface area contributed by atoms with Gasteiger partial charge in [-0.1, -0.05) is 6.07 Å². The third-order valence-corrected chi connectivity index (χ3v) is 0.966. The van der Waals surface area contributed by atoms with E-state index >= 15 is 0 Å². The minimum atomic E-state index is -1.03. The summed E-state index contributed by atoms with van der Waals surface area (Å²) >= 11 is 0. The molecule has 0 saturated heterocycles. The van der Waals surface area contributed by atoms with Gasteiger partial charge >= 0.3 is 5.97 Å². The number of hydrogen-bond acceptors (Lipinski definition) is 3. The number of methoxy groups -OCH3 is 1. The van der Waals surface area contributed by atoms with Crippen molar-refractivity contribution in [2.45, 2.75) is 0 Å². The number of esters is 1. The number of ether oxygens (including phenoxy) is 1. The Bertz CT molecular complexity index is 235. The SMILES string of the molecule is COC(=O)CF.Fc1ccccn1. The number of nitrogens with zero attached hydrogens (tertiary/aromatic N) is 1. The zero-order valence-electron chi connectivity index (χ0n) is 7.04. The van der Waals surface area contributed by atoms with Gasteiger partial charge in [0.15, 0.2) is 6.67 Å². The lowest BCUT2D eigenvalue weighted by molar-refractivity contribution is -0.141. The molecular formula is C8H9F2NO2. The molecule has 0 amide bonds. The Balaban J connectivity index is 0.000000226. The summed E-state index contributed by atoms with van der Waals surface area (Å²) in [4.78, 5) is 12.9. The van der Waals surface area contributed by atoms with Crippen LogP contribution in [0, 0.1) is 5.95 Å². The maximum absolute atomic E-state index is 11.8. The fraction of sp³-hybridized carbons (Fsp3) is 0.250. The first-order chi connectivity index (χ1) is 6.20. The van der Waals surface area contributed by atoms with Crippen molar-refractivity contribution in [3.8, 4) is 0 Å². The lowest BCUT2D eigenvalue weighted by Gasteiger charge is -1.85. The molecule has 1 rings (SSSR count). The van der Waals surface area contributed by atoms with Crippen molar-refractivity contribution in [3.63, 3.8) is 0 Å². The highest BCUT2D eigenvalue weighted by molar-refractivity contribution is 5.70. The Hall–Kier alpha value is -1.52. The Morgan fingerprint density at radius 3 is 2.46 bits per heavy atom. The van der Waals surface area contributed by atoms with Crippen molar-refractivity contribution < 1.29 is 18.3 Å². The van der Waals surface area contributed by atoms with E-state index in [1.165, 1.54) is 12.3 Å². The second-order valence-electron chi connectivity index (χ2n) is 1.86. The van der Waals surface area contributed by atoms with E-state index < -0.39 is 18.6 Å². The average Bonchev–Trinajstić information content (AvgIpc) is 2.19. The third kappa shape index (κ3) is 6.86. The van der Waals surface area contributed by atoms with Crippen molar-refractivity contribution in [1.29, 1.82) is 0 Å². The lowest BCUT2D eigenvalue weighted by Crippen LogP contribution is -2.00. The van der Waals surface area contributed by atoms with E-state index in [4.69, 9.17) is 0 Å². The molecule has 0 aliphatic rings. The van der Waals surface area contributed by atoms with Crippen molar-refractivity contribution in [2.75, 3.05) is 13.8 Å². The van der Waals surface area contributed by atoms with Gasteiger partial charge in [0.1, 0.15) is 0 Å². The number of pyridine rings is 1. The zero-order chi connectivity index (χ0) is 10.1. The van der Waals surface area contributed by atoms with Gasteiger partial charge in [0.2, 0.25) is 5.95 Å². The minimum Gasteiger partial charge on any atom is -0.467 e. The Labute approximate surface area is 74.4 Å². The third-order valence-electron chi connectivity index (χ3n) is 0.966. The van der Waals surface area contributed by atoms with Crippen molar-refractivity contribution in [3.05, 3.63) is 30.3 Å². The molecule has 0 atom stereocenters. The molecule has 1 aromatic heterocycles. The number of halogens is 2. The van der Waals surface area contributed by atoms with Crippen LogP contribution in [0.4, 0.5) is 8.78 Å². The highest BCUT2D eigenvalue weighted by Gasteiger charge is 1.91. The molecule has 0 aliphatic heterocycles. The molecule has 72 valence electrons. The molecule has 3 nitrogen and oxygen atoms in total. The van der Waals surface area contributed by atoms with Crippen LogP contribution in [0.25, 0.3) is 0 Å². The van der Waals surface area contributed by atoms with Gasteiger partial charge < -0.3 is 4.74 Å². The molecule has 0 fully saturated rings. The molecule has 5 heteroatoms. The summed E-state index contributed by atoms with van der Waals surface area (Å²) in [5.74, 6) is -1.25. The molecule has 0 saturated carbocycles. The van der Waals surface area contributed by atoms with Crippen LogP contribution in [0.5, 0.6) is 0 Å². The van der Waals surface area contributed by atoms with Crippen LogP contribution < -0.4 is 0 Å². The highest BCUT2D eigenvalue weighted by atomic mass is 19.1. The first-order valence-electron chi connectivity index (χ1n) is 3.40. The van der Waals surface area contributed by atoms with E-state index in [1.54, 1.807) is 12.1 Å². The van der Waals surface area contributed by atoms with Crippen LogP contribution in [0.1, 0.15) is 0 Å². The van der Waals surface area contributed by atoms with Crippen LogP contribution in [-0.2, 0) is 9.53 Å². The van der Waals surface area contributed by atoms with Crippen LogP contribution in [0.15, 0.2) is 24.4 Å². The molecule has 0 radical (unpaired) electrons. The number of carbonyl (C=O) groups excluding carboxylic acids is 1. The maximum atomic E-state index is 11.8. The number of carbonyl (C=O) groups is 1. The van der Waals surface area contributed by atoms with Crippen LogP contribution in [-0.4, -0.2) is 24.7 Å². The summed E-state index contributed by atoms with van der Waals surface area (Å²) in [5, 5.41) is 0. The Morgan fingerprint density at radius 2 is 2.31 bits per heavy atom. The summed E-state index contributed by atoms with van der Waals surface area (Å²) in [7, 11) is 1.14. The van der Waals surface area contributed by atoms with E-state index in [2.05, 4.69) is 9.72 Å². The number of rotatable bonds is 1. The minimum absolute atomic E-state index is 0.428. The van der Waals surface area contributed by atoms with E-state index in [0.717, 1.165) is 7.11 Å². The van der Waals surface area contributed by atoms with Gasteiger partial charge in [-0.05, 0) is 12.1 Å². The van der Waals surface area contributed by atoms with Gasteiger partial charge in [-0.2, -0.15) is 4.39 Å². The topological polar surface area (TPSA) is 39.2 Å². The fourth-order valence-electron chi connectivity index (χ4n) is 0.396. The summed E-state index contributed by atoms with van der Waals surface area (Å²) in [6, 6.07) is 4.57. The Morgan fingerprint density at radius 1 is 1.62 bits per heavy atom. The molecule has 0 spiro atoms. The number of aromatic nitrogens is 1. The zero-order valence-corrected chi connectivity index (χ0v) is 7.04. The standard InChI is InChI=1S/C5H4FN.C3H5FO2/c6-5-3-1-2-4-7-5;1-6-3(5)2-4/h1-4H;2H2,1H3. The monoisotopic (exact) mass is 189 g/mol. The molecule has 0 N–H and O–H groups in total. The number of hydrogen-bond donors (Lipinski definition) is 0. The quantitative estimate of drug-likeness (QED) is 0.494. The van der Waals surface area contributed by atoms with Gasteiger partial charge in [-0.25, -0.2) is 14.2 Å². The van der Waals surface area contributed by atoms with E-state index in [1.807, 2.05) is 0 Å². The van der Waals surface area contributed by atoms with Gasteiger partial charge in [-0.15, -0.1) is 0 Å². The van der Waals surface area contributed by atoms with E-state index in [-0.39, 0.29) is 0 Å². The second-order valence-corrected chi connectivity index (χ2v) is 1.86. The smallest absolute Gasteiger partial charge is 0.337 e. The van der Waals surface area contributed by atoms with Gasteiger partial charge in [0, 0.05) is 6.20 Å². The second kappa shape index (κ2) is 7.15. The van der Waals surface area contributed by atoms with Crippen LogP contribution in [0.2, 0.25) is 0 Å². The first kappa shape index (κ1) is 11.5. The van der Waals surface area contributed by atoms with Gasteiger partial charge in [0.25, 0.3) is 0 Å². The molecule has 0 bridgehead atoms.